The van der Waals surface area contributed by atoms with Gasteiger partial charge in [-0.05, 0) is 18.2 Å². The summed E-state index contributed by atoms with van der Waals surface area (Å²) in [5.74, 6) is 1.80. The van der Waals surface area contributed by atoms with Crippen molar-refractivity contribution in [2.24, 2.45) is 0 Å². The molecule has 0 saturated carbocycles. The van der Waals surface area contributed by atoms with Gasteiger partial charge in [0.25, 0.3) is 0 Å². The highest BCUT2D eigenvalue weighted by Crippen LogP contribution is 2.34. The molecule has 94 valence electrons. The molecule has 2 heterocycles. The molecule has 0 saturated heterocycles. The Balaban J connectivity index is 1.76. The Morgan fingerprint density at radius 3 is 3.28 bits per heavy atom. The minimum absolute atomic E-state index is 0.288. The van der Waals surface area contributed by atoms with Gasteiger partial charge in [-0.3, -0.25) is 5.10 Å². The number of ether oxygens (including phenoxy) is 1. The Kier molecular flexibility index (Phi) is 3.29. The molecule has 18 heavy (non-hydrogen) atoms. The van der Waals surface area contributed by atoms with Crippen molar-refractivity contribution in [1.29, 1.82) is 0 Å². The maximum Gasteiger partial charge on any atom is 0.138 e. The van der Waals surface area contributed by atoms with Crippen LogP contribution >= 0.6 is 15.9 Å². The summed E-state index contributed by atoms with van der Waals surface area (Å²) in [6.45, 7) is 1.42. The Labute approximate surface area is 113 Å². The lowest BCUT2D eigenvalue weighted by Crippen LogP contribution is -2.27. The van der Waals surface area contributed by atoms with Crippen molar-refractivity contribution in [2.45, 2.75) is 19.0 Å². The normalized spacial score (nSPS) is 18.2. The number of hydrogen-bond acceptors (Lipinski definition) is 4. The molecule has 0 radical (unpaired) electrons. The molecular formula is C12H13BrN4O. The highest BCUT2D eigenvalue weighted by molar-refractivity contribution is 9.10. The maximum absolute atomic E-state index is 5.65. The number of H-pyrrole nitrogens is 1. The summed E-state index contributed by atoms with van der Waals surface area (Å²) < 4.78 is 6.72. The molecule has 1 aliphatic heterocycles. The van der Waals surface area contributed by atoms with Crippen molar-refractivity contribution in [3.8, 4) is 5.75 Å². The van der Waals surface area contributed by atoms with Crippen LogP contribution in [0.3, 0.4) is 0 Å². The van der Waals surface area contributed by atoms with E-state index in [1.807, 2.05) is 12.1 Å². The lowest BCUT2D eigenvalue weighted by Gasteiger charge is -2.26. The number of rotatable bonds is 3. The molecule has 1 unspecified atom stereocenters. The van der Waals surface area contributed by atoms with Gasteiger partial charge in [0.05, 0.1) is 13.2 Å². The maximum atomic E-state index is 5.65. The van der Waals surface area contributed by atoms with E-state index >= 15 is 0 Å². The van der Waals surface area contributed by atoms with Crippen LogP contribution in [0.4, 0.5) is 0 Å². The van der Waals surface area contributed by atoms with Crippen LogP contribution in [0.1, 0.15) is 23.9 Å². The van der Waals surface area contributed by atoms with Crippen LogP contribution in [-0.4, -0.2) is 21.8 Å². The van der Waals surface area contributed by atoms with E-state index in [1.165, 1.54) is 11.9 Å². The number of aromatic amines is 1. The van der Waals surface area contributed by atoms with E-state index in [1.54, 1.807) is 0 Å². The van der Waals surface area contributed by atoms with Crippen LogP contribution in [0, 0.1) is 0 Å². The largest absolute Gasteiger partial charge is 0.493 e. The van der Waals surface area contributed by atoms with E-state index in [4.69, 9.17) is 4.74 Å². The molecule has 0 aliphatic carbocycles. The molecule has 0 amide bonds. The van der Waals surface area contributed by atoms with E-state index in [-0.39, 0.29) is 6.04 Å². The summed E-state index contributed by atoms with van der Waals surface area (Å²) in [4.78, 5) is 4.10. The Hall–Kier alpha value is -1.40. The molecule has 1 aromatic heterocycles. The van der Waals surface area contributed by atoms with Crippen LogP contribution in [0.2, 0.25) is 0 Å². The van der Waals surface area contributed by atoms with Gasteiger partial charge in [0.15, 0.2) is 0 Å². The standard InChI is InChI=1S/C12H13BrN4O/c13-8-1-2-11-9(5-8)10(3-4-18-11)14-6-12-15-7-16-17-12/h1-2,5,7,10,14H,3-4,6H2,(H,15,16,17). The molecule has 0 fully saturated rings. The average Bonchev–Trinajstić information content (AvgIpc) is 2.89. The molecule has 1 aliphatic rings. The zero-order valence-electron chi connectivity index (χ0n) is 9.69. The van der Waals surface area contributed by atoms with Crippen molar-refractivity contribution >= 4 is 15.9 Å². The van der Waals surface area contributed by atoms with Gasteiger partial charge in [-0.1, -0.05) is 15.9 Å². The van der Waals surface area contributed by atoms with Gasteiger partial charge in [-0.15, -0.1) is 0 Å². The molecule has 2 aromatic rings. The third kappa shape index (κ3) is 2.39. The number of nitrogens with one attached hydrogen (secondary N) is 2. The molecule has 2 N–H and O–H groups in total. The molecule has 6 heteroatoms. The number of hydrogen-bond donors (Lipinski definition) is 2. The fourth-order valence-corrected chi connectivity index (χ4v) is 2.49. The second kappa shape index (κ2) is 5.07. The van der Waals surface area contributed by atoms with Gasteiger partial charge in [0.1, 0.15) is 17.9 Å². The molecule has 1 atom stereocenters. The fraction of sp³-hybridized carbons (Fsp3) is 0.333. The molecule has 0 spiro atoms. The first-order chi connectivity index (χ1) is 8.83. The molecule has 1 aromatic carbocycles. The number of nitrogens with zero attached hydrogens (tertiary/aromatic N) is 2. The van der Waals surface area contributed by atoms with Crippen LogP contribution in [0.25, 0.3) is 0 Å². The Morgan fingerprint density at radius 1 is 1.50 bits per heavy atom. The Bertz CT molecular complexity index is 529. The summed E-state index contributed by atoms with van der Waals surface area (Å²) in [7, 11) is 0. The smallest absolute Gasteiger partial charge is 0.138 e. The zero-order valence-corrected chi connectivity index (χ0v) is 11.3. The topological polar surface area (TPSA) is 62.8 Å². The lowest BCUT2D eigenvalue weighted by atomic mass is 10.0. The minimum Gasteiger partial charge on any atom is -0.493 e. The van der Waals surface area contributed by atoms with Crippen molar-refractivity contribution in [3.63, 3.8) is 0 Å². The van der Waals surface area contributed by atoms with Crippen molar-refractivity contribution < 1.29 is 4.74 Å². The van der Waals surface area contributed by atoms with E-state index < -0.39 is 0 Å². The third-order valence-electron chi connectivity index (χ3n) is 2.99. The molecular weight excluding hydrogens is 296 g/mol. The van der Waals surface area contributed by atoms with Crippen LogP contribution < -0.4 is 10.1 Å². The summed E-state index contributed by atoms with van der Waals surface area (Å²) in [6, 6.07) is 6.39. The van der Waals surface area contributed by atoms with Crippen LogP contribution in [-0.2, 0) is 6.54 Å². The van der Waals surface area contributed by atoms with Gasteiger partial charge >= 0.3 is 0 Å². The first-order valence-electron chi connectivity index (χ1n) is 5.83. The van der Waals surface area contributed by atoms with Crippen molar-refractivity contribution in [3.05, 3.63) is 40.4 Å². The zero-order chi connectivity index (χ0) is 12.4. The second-order valence-corrected chi connectivity index (χ2v) is 5.10. The van der Waals surface area contributed by atoms with Gasteiger partial charge in [-0.2, -0.15) is 5.10 Å². The third-order valence-corrected chi connectivity index (χ3v) is 3.49. The number of fused-ring (bicyclic) bond motifs is 1. The summed E-state index contributed by atoms with van der Waals surface area (Å²) in [5, 5.41) is 10.2. The predicted molar refractivity (Wildman–Crippen MR) is 70.2 cm³/mol. The summed E-state index contributed by atoms with van der Waals surface area (Å²) >= 11 is 3.50. The van der Waals surface area contributed by atoms with Crippen LogP contribution in [0.15, 0.2) is 29.0 Å². The van der Waals surface area contributed by atoms with E-state index in [9.17, 15) is 0 Å². The predicted octanol–water partition coefficient (Wildman–Crippen LogP) is 2.18. The minimum atomic E-state index is 0.288. The first-order valence-corrected chi connectivity index (χ1v) is 6.62. The number of aromatic nitrogens is 3. The van der Waals surface area contributed by atoms with E-state index in [2.05, 4.69) is 42.5 Å². The summed E-state index contributed by atoms with van der Waals surface area (Å²) in [5.41, 5.74) is 1.19. The quantitative estimate of drug-likeness (QED) is 0.912. The van der Waals surface area contributed by atoms with E-state index in [0.717, 1.165) is 29.1 Å². The average molecular weight is 309 g/mol. The fourth-order valence-electron chi connectivity index (χ4n) is 2.11. The molecule has 0 bridgehead atoms. The Morgan fingerprint density at radius 2 is 2.44 bits per heavy atom. The lowest BCUT2D eigenvalue weighted by molar-refractivity contribution is 0.251. The van der Waals surface area contributed by atoms with Gasteiger partial charge < -0.3 is 10.1 Å². The van der Waals surface area contributed by atoms with Crippen LogP contribution in [0.5, 0.6) is 5.75 Å². The number of halogens is 1. The van der Waals surface area contributed by atoms with Gasteiger partial charge in [0, 0.05) is 22.5 Å². The molecule has 3 rings (SSSR count). The van der Waals surface area contributed by atoms with Gasteiger partial charge in [-0.25, -0.2) is 4.98 Å². The summed E-state index contributed by atoms with van der Waals surface area (Å²) in [6.07, 6.45) is 2.48. The van der Waals surface area contributed by atoms with Crippen molar-refractivity contribution in [1.82, 2.24) is 20.5 Å². The SMILES string of the molecule is Brc1ccc2c(c1)C(NCc1ncn[nH]1)CCO2. The molecule has 5 nitrogen and oxygen atoms in total. The van der Waals surface area contributed by atoms with Gasteiger partial charge in [0.2, 0.25) is 0 Å². The highest BCUT2D eigenvalue weighted by atomic mass is 79.9. The first kappa shape index (κ1) is 11.7. The second-order valence-electron chi connectivity index (χ2n) is 4.18. The van der Waals surface area contributed by atoms with Crippen molar-refractivity contribution in [2.75, 3.05) is 6.61 Å². The number of benzene rings is 1. The highest BCUT2D eigenvalue weighted by Gasteiger charge is 2.21. The van der Waals surface area contributed by atoms with E-state index in [0.29, 0.717) is 6.54 Å². The monoisotopic (exact) mass is 308 g/mol.